The van der Waals surface area contributed by atoms with Crippen molar-refractivity contribution in [2.45, 2.75) is 57.4 Å². The Morgan fingerprint density at radius 3 is 2.46 bits per heavy atom. The first-order chi connectivity index (χ1) is 11.6. The number of hydrogen-bond donors (Lipinski definition) is 1. The second kappa shape index (κ2) is 9.02. The van der Waals surface area contributed by atoms with E-state index in [-0.39, 0.29) is 0 Å². The highest BCUT2D eigenvalue weighted by Crippen LogP contribution is 2.29. The molecule has 3 rings (SSSR count). The molecule has 2 aliphatic rings. The number of rotatable bonds is 5. The maximum atomic E-state index is 6.14. The summed E-state index contributed by atoms with van der Waals surface area (Å²) < 4.78 is 1.20. The van der Waals surface area contributed by atoms with Crippen LogP contribution >= 0.6 is 27.5 Å². The molecule has 1 aromatic carbocycles. The Hall–Kier alpha value is -0.0900. The van der Waals surface area contributed by atoms with Gasteiger partial charge in [0, 0.05) is 15.5 Å². The fourth-order valence-electron chi connectivity index (χ4n) is 4.27. The van der Waals surface area contributed by atoms with Gasteiger partial charge in [0.25, 0.3) is 0 Å². The summed E-state index contributed by atoms with van der Waals surface area (Å²) in [6, 6.07) is 6.62. The third kappa shape index (κ3) is 5.45. The SMILES string of the molecule is N[C@H]1CC[C@@H](CCN2CCC(Cc3cc(Cl)ccc3Br)CC2)CC1. The third-order valence-corrected chi connectivity index (χ3v) is 6.98. The van der Waals surface area contributed by atoms with Crippen molar-refractivity contribution in [2.24, 2.45) is 17.6 Å². The summed E-state index contributed by atoms with van der Waals surface area (Å²) in [5.41, 5.74) is 7.37. The first-order valence-corrected chi connectivity index (χ1v) is 10.7. The Kier molecular flexibility index (Phi) is 7.03. The largest absolute Gasteiger partial charge is 0.328 e. The Balaban J connectivity index is 1.39. The Morgan fingerprint density at radius 1 is 1.04 bits per heavy atom. The zero-order valence-electron chi connectivity index (χ0n) is 14.5. The molecular formula is C20H30BrClN2. The molecule has 2 fully saturated rings. The average molecular weight is 414 g/mol. The molecule has 2 N–H and O–H groups in total. The van der Waals surface area contributed by atoms with Crippen LogP contribution in [0.15, 0.2) is 22.7 Å². The number of likely N-dealkylation sites (tertiary alicyclic amines) is 1. The lowest BCUT2D eigenvalue weighted by atomic mass is 9.84. The smallest absolute Gasteiger partial charge is 0.0409 e. The molecule has 0 amide bonds. The molecule has 0 unspecified atom stereocenters. The zero-order chi connectivity index (χ0) is 16.9. The van der Waals surface area contributed by atoms with E-state index in [0.717, 1.165) is 23.3 Å². The predicted octanol–water partition coefficient (Wildman–Crippen LogP) is 5.26. The summed E-state index contributed by atoms with van der Waals surface area (Å²) in [7, 11) is 0. The molecular weight excluding hydrogens is 384 g/mol. The van der Waals surface area contributed by atoms with Crippen molar-refractivity contribution in [1.82, 2.24) is 4.90 Å². The minimum Gasteiger partial charge on any atom is -0.328 e. The lowest BCUT2D eigenvalue weighted by molar-refractivity contribution is 0.165. The fraction of sp³-hybridized carbons (Fsp3) is 0.700. The third-order valence-electron chi connectivity index (χ3n) is 5.97. The first-order valence-electron chi connectivity index (χ1n) is 9.52. The number of benzene rings is 1. The van der Waals surface area contributed by atoms with E-state index < -0.39 is 0 Å². The Labute approximate surface area is 160 Å². The standard InChI is InChI=1S/C20H30BrClN2/c21-20-6-3-18(22)14-17(20)13-16-8-11-24(12-9-16)10-7-15-1-4-19(23)5-2-15/h3,6,14-16,19H,1-2,4-5,7-13,23H2/t15-,19+. The van der Waals surface area contributed by atoms with Gasteiger partial charge >= 0.3 is 0 Å². The van der Waals surface area contributed by atoms with Crippen molar-refractivity contribution in [1.29, 1.82) is 0 Å². The summed E-state index contributed by atoms with van der Waals surface area (Å²) in [4.78, 5) is 2.68. The maximum Gasteiger partial charge on any atom is 0.0409 e. The van der Waals surface area contributed by atoms with Gasteiger partial charge in [-0.05, 0) is 107 Å². The molecule has 1 aliphatic carbocycles. The second-order valence-corrected chi connectivity index (χ2v) is 9.09. The van der Waals surface area contributed by atoms with Crippen LogP contribution in [0.1, 0.15) is 50.5 Å². The predicted molar refractivity (Wildman–Crippen MR) is 107 cm³/mol. The summed E-state index contributed by atoms with van der Waals surface area (Å²) >= 11 is 9.81. The van der Waals surface area contributed by atoms with Gasteiger partial charge in [0.05, 0.1) is 0 Å². The minimum absolute atomic E-state index is 0.475. The molecule has 2 nitrogen and oxygen atoms in total. The van der Waals surface area contributed by atoms with E-state index in [0.29, 0.717) is 6.04 Å². The van der Waals surface area contributed by atoms with Gasteiger partial charge in [-0.25, -0.2) is 0 Å². The van der Waals surface area contributed by atoms with E-state index in [1.54, 1.807) is 0 Å². The van der Waals surface area contributed by atoms with Gasteiger partial charge in [0.1, 0.15) is 0 Å². The average Bonchev–Trinajstić information content (AvgIpc) is 2.59. The molecule has 1 aromatic rings. The van der Waals surface area contributed by atoms with Crippen LogP contribution in [0.25, 0.3) is 0 Å². The molecule has 0 spiro atoms. The van der Waals surface area contributed by atoms with E-state index in [9.17, 15) is 0 Å². The minimum atomic E-state index is 0.475. The molecule has 1 heterocycles. The first kappa shape index (κ1) is 18.7. The quantitative estimate of drug-likeness (QED) is 0.713. The van der Waals surface area contributed by atoms with Gasteiger partial charge in [-0.2, -0.15) is 0 Å². The topological polar surface area (TPSA) is 29.3 Å². The molecule has 0 bridgehead atoms. The van der Waals surface area contributed by atoms with Crippen LogP contribution in [0, 0.1) is 11.8 Å². The Morgan fingerprint density at radius 2 is 1.75 bits per heavy atom. The van der Waals surface area contributed by atoms with Gasteiger partial charge in [-0.15, -0.1) is 0 Å². The summed E-state index contributed by atoms with van der Waals surface area (Å²) in [6.07, 6.45) is 10.3. The highest BCUT2D eigenvalue weighted by atomic mass is 79.9. The lowest BCUT2D eigenvalue weighted by Crippen LogP contribution is -2.36. The van der Waals surface area contributed by atoms with E-state index in [1.165, 1.54) is 74.6 Å². The lowest BCUT2D eigenvalue weighted by Gasteiger charge is -2.34. The molecule has 4 heteroatoms. The van der Waals surface area contributed by atoms with Crippen molar-refractivity contribution in [3.63, 3.8) is 0 Å². The van der Waals surface area contributed by atoms with E-state index in [1.807, 2.05) is 6.07 Å². The zero-order valence-corrected chi connectivity index (χ0v) is 16.9. The normalized spacial score (nSPS) is 26.6. The highest BCUT2D eigenvalue weighted by molar-refractivity contribution is 9.10. The van der Waals surface area contributed by atoms with E-state index in [4.69, 9.17) is 17.3 Å². The molecule has 0 atom stereocenters. The van der Waals surface area contributed by atoms with Crippen molar-refractivity contribution in [3.05, 3.63) is 33.3 Å². The highest BCUT2D eigenvalue weighted by Gasteiger charge is 2.23. The number of piperidine rings is 1. The summed E-state index contributed by atoms with van der Waals surface area (Å²) in [5, 5.41) is 0.845. The molecule has 1 saturated carbocycles. The molecule has 1 aliphatic heterocycles. The molecule has 0 radical (unpaired) electrons. The van der Waals surface area contributed by atoms with Crippen LogP contribution < -0.4 is 5.73 Å². The van der Waals surface area contributed by atoms with E-state index >= 15 is 0 Å². The van der Waals surface area contributed by atoms with Crippen molar-refractivity contribution in [3.8, 4) is 0 Å². The number of halogens is 2. The molecule has 1 saturated heterocycles. The van der Waals surface area contributed by atoms with Gasteiger partial charge < -0.3 is 10.6 Å². The van der Waals surface area contributed by atoms with Crippen LogP contribution in [0.3, 0.4) is 0 Å². The van der Waals surface area contributed by atoms with Crippen LogP contribution in [0.4, 0.5) is 0 Å². The van der Waals surface area contributed by atoms with Crippen LogP contribution in [-0.4, -0.2) is 30.6 Å². The van der Waals surface area contributed by atoms with Crippen molar-refractivity contribution >= 4 is 27.5 Å². The van der Waals surface area contributed by atoms with E-state index in [2.05, 4.69) is 33.0 Å². The molecule has 134 valence electrons. The number of nitrogens with zero attached hydrogens (tertiary/aromatic N) is 1. The van der Waals surface area contributed by atoms with Gasteiger partial charge in [0.15, 0.2) is 0 Å². The van der Waals surface area contributed by atoms with Crippen LogP contribution in [0.2, 0.25) is 5.02 Å². The molecule has 24 heavy (non-hydrogen) atoms. The van der Waals surface area contributed by atoms with Gasteiger partial charge in [0.2, 0.25) is 0 Å². The summed E-state index contributed by atoms with van der Waals surface area (Å²) in [5.74, 6) is 1.72. The Bertz CT molecular complexity index is 520. The van der Waals surface area contributed by atoms with Crippen LogP contribution in [-0.2, 0) is 6.42 Å². The van der Waals surface area contributed by atoms with Gasteiger partial charge in [-0.3, -0.25) is 0 Å². The molecule has 0 aromatic heterocycles. The number of hydrogen-bond acceptors (Lipinski definition) is 2. The van der Waals surface area contributed by atoms with Gasteiger partial charge in [-0.1, -0.05) is 27.5 Å². The number of nitrogens with two attached hydrogens (primary N) is 1. The summed E-state index contributed by atoms with van der Waals surface area (Å²) in [6.45, 7) is 3.80. The van der Waals surface area contributed by atoms with Crippen molar-refractivity contribution < 1.29 is 0 Å². The van der Waals surface area contributed by atoms with Crippen molar-refractivity contribution in [2.75, 3.05) is 19.6 Å². The maximum absolute atomic E-state index is 6.14. The fourth-order valence-corrected chi connectivity index (χ4v) is 4.87. The monoisotopic (exact) mass is 412 g/mol. The van der Waals surface area contributed by atoms with Crippen LogP contribution in [0.5, 0.6) is 0 Å². The second-order valence-electron chi connectivity index (χ2n) is 7.79.